The summed E-state index contributed by atoms with van der Waals surface area (Å²) in [6.45, 7) is 8.97. The van der Waals surface area contributed by atoms with E-state index in [1.54, 1.807) is 31.1 Å². The molecule has 3 N–H and O–H groups in total. The van der Waals surface area contributed by atoms with Crippen LogP contribution in [0.3, 0.4) is 0 Å². The lowest BCUT2D eigenvalue weighted by molar-refractivity contribution is -0.167. The number of carbonyl (C=O) groups excluding carboxylic acids is 4. The maximum Gasteiger partial charge on any atom is 0.471 e. The van der Waals surface area contributed by atoms with E-state index in [2.05, 4.69) is 5.32 Å². The molecular weight excluding hydrogens is 727 g/mol. The Morgan fingerprint density at radius 1 is 1.02 bits per heavy atom. The average molecular weight is 780 g/mol. The zero-order valence-electron chi connectivity index (χ0n) is 31.5. The van der Waals surface area contributed by atoms with Crippen LogP contribution in [0.15, 0.2) is 24.3 Å². The van der Waals surface area contributed by atoms with Crippen LogP contribution in [0.5, 0.6) is 0 Å². The van der Waals surface area contributed by atoms with E-state index in [0.29, 0.717) is 30.1 Å². The van der Waals surface area contributed by atoms with Gasteiger partial charge in [-0.3, -0.25) is 19.2 Å². The van der Waals surface area contributed by atoms with Crippen molar-refractivity contribution in [2.24, 2.45) is 17.8 Å². The summed E-state index contributed by atoms with van der Waals surface area (Å²) in [5.41, 5.74) is -0.475. The van der Waals surface area contributed by atoms with E-state index >= 15 is 0 Å². The summed E-state index contributed by atoms with van der Waals surface area (Å²) < 4.78 is 76.0. The van der Waals surface area contributed by atoms with Crippen LogP contribution in [0, 0.1) is 17.8 Å². The average Bonchev–Trinajstić information content (AvgIpc) is 3.55. The molecule has 5 amide bonds. The molecule has 1 heterocycles. The Labute approximate surface area is 308 Å². The van der Waals surface area contributed by atoms with Gasteiger partial charge in [-0.05, 0) is 48.9 Å². The third-order valence-electron chi connectivity index (χ3n) is 9.60. The van der Waals surface area contributed by atoms with Gasteiger partial charge in [0.2, 0.25) is 27.7 Å². The molecule has 1 aromatic rings. The number of sulfonamides is 1. The van der Waals surface area contributed by atoms with Gasteiger partial charge in [-0.25, -0.2) is 17.5 Å². The molecule has 15 nitrogen and oxygen atoms in total. The van der Waals surface area contributed by atoms with E-state index in [-0.39, 0.29) is 35.5 Å². The van der Waals surface area contributed by atoms with Crippen molar-refractivity contribution in [3.8, 4) is 0 Å². The van der Waals surface area contributed by atoms with Gasteiger partial charge in [0.15, 0.2) is 0 Å². The monoisotopic (exact) mass is 779 g/mol. The predicted octanol–water partition coefficient (Wildman–Crippen LogP) is 3.69. The molecule has 7 atom stereocenters. The van der Waals surface area contributed by atoms with Gasteiger partial charge in [0, 0.05) is 33.5 Å². The molecule has 1 fully saturated rings. The summed E-state index contributed by atoms with van der Waals surface area (Å²) >= 11 is 0. The number of hydrogen-bond donors (Lipinski definition) is 3. The van der Waals surface area contributed by atoms with Gasteiger partial charge in [0.05, 0.1) is 48.6 Å². The summed E-state index contributed by atoms with van der Waals surface area (Å²) in [5, 5.41) is 13.3. The first-order chi connectivity index (χ1) is 24.5. The smallest absolute Gasteiger partial charge is 0.465 e. The van der Waals surface area contributed by atoms with E-state index in [0.717, 1.165) is 30.5 Å². The van der Waals surface area contributed by atoms with E-state index in [4.69, 9.17) is 9.47 Å². The zero-order valence-corrected chi connectivity index (χ0v) is 32.3. The number of carbonyl (C=O) groups is 5. The predicted molar refractivity (Wildman–Crippen MR) is 189 cm³/mol. The van der Waals surface area contributed by atoms with Crippen molar-refractivity contribution in [3.63, 3.8) is 0 Å². The van der Waals surface area contributed by atoms with E-state index in [1.165, 1.54) is 26.0 Å². The highest BCUT2D eigenvalue weighted by atomic mass is 32.2. The first-order valence-electron chi connectivity index (χ1n) is 17.1. The lowest BCUT2D eigenvalue weighted by atomic mass is 9.89. The second-order valence-corrected chi connectivity index (χ2v) is 15.5. The number of nitrogens with zero attached hydrogens (tertiary/aromatic N) is 3. The number of rotatable bonds is 17. The van der Waals surface area contributed by atoms with Crippen LogP contribution >= 0.6 is 0 Å². The van der Waals surface area contributed by atoms with Gasteiger partial charge in [0.25, 0.3) is 0 Å². The SMILES string of the molecule is CC[C@@H](C)[C@@H]([C@@H](CC(=O)N1CCC[C@H]1[C@H](OC)[C@@H](C)C(=O)N(c1ccc(NC(=O)C(F)(F)F)cc1)S(C)(=O)=O)OC)N(C)C(=O)[C@@H](NC(=O)O)C(C)C. The molecule has 1 aliphatic heterocycles. The van der Waals surface area contributed by atoms with Crippen LogP contribution in [0.1, 0.15) is 60.3 Å². The lowest BCUT2D eigenvalue weighted by Crippen LogP contribution is -2.57. The van der Waals surface area contributed by atoms with Crippen molar-refractivity contribution in [3.05, 3.63) is 24.3 Å². The molecule has 0 radical (unpaired) electrons. The van der Waals surface area contributed by atoms with Gasteiger partial charge in [-0.2, -0.15) is 13.2 Å². The molecule has 0 aromatic heterocycles. The number of likely N-dealkylation sites (tertiary alicyclic amines) is 1. The van der Waals surface area contributed by atoms with Crippen molar-refractivity contribution in [2.75, 3.05) is 43.7 Å². The molecule has 0 saturated carbocycles. The molecule has 53 heavy (non-hydrogen) atoms. The number of hydrogen-bond acceptors (Lipinski definition) is 9. The number of nitrogens with one attached hydrogen (secondary N) is 2. The summed E-state index contributed by atoms with van der Waals surface area (Å²) in [7, 11) is -0.0124. The van der Waals surface area contributed by atoms with Crippen molar-refractivity contribution in [1.82, 2.24) is 15.1 Å². The van der Waals surface area contributed by atoms with Crippen LogP contribution in [-0.2, 0) is 38.7 Å². The van der Waals surface area contributed by atoms with Gasteiger partial charge >= 0.3 is 18.2 Å². The molecule has 0 aliphatic carbocycles. The van der Waals surface area contributed by atoms with Crippen molar-refractivity contribution >= 4 is 51.1 Å². The third-order valence-corrected chi connectivity index (χ3v) is 10.6. The largest absolute Gasteiger partial charge is 0.471 e. The van der Waals surface area contributed by atoms with Crippen LogP contribution < -0.4 is 14.9 Å². The first-order valence-corrected chi connectivity index (χ1v) is 19.0. The Morgan fingerprint density at radius 2 is 1.60 bits per heavy atom. The minimum Gasteiger partial charge on any atom is -0.465 e. The molecule has 2 rings (SSSR count). The Morgan fingerprint density at radius 3 is 2.06 bits per heavy atom. The molecule has 1 saturated heterocycles. The number of likely N-dealkylation sites (N-methyl/N-ethyl adjacent to an activating group) is 1. The molecule has 0 unspecified atom stereocenters. The molecule has 1 aromatic carbocycles. The number of methoxy groups -OCH3 is 2. The molecular formula is C34H52F3N5O10S. The van der Waals surface area contributed by atoms with Gasteiger partial charge < -0.3 is 35.0 Å². The van der Waals surface area contributed by atoms with Crippen LogP contribution in [0.25, 0.3) is 0 Å². The Kier molecular flexibility index (Phi) is 16.1. The molecule has 0 spiro atoms. The van der Waals surface area contributed by atoms with E-state index < -0.39 is 76.3 Å². The number of ether oxygens (including phenoxy) is 2. The fourth-order valence-corrected chi connectivity index (χ4v) is 7.71. The summed E-state index contributed by atoms with van der Waals surface area (Å²) in [6, 6.07) is 1.86. The molecule has 1 aliphatic rings. The Balaban J connectivity index is 2.37. The Hall–Kier alpha value is -3.97. The number of amides is 5. The van der Waals surface area contributed by atoms with E-state index in [9.17, 15) is 50.7 Å². The number of benzene rings is 1. The summed E-state index contributed by atoms with van der Waals surface area (Å²) in [4.78, 5) is 67.2. The van der Waals surface area contributed by atoms with Crippen LogP contribution in [0.4, 0.5) is 29.3 Å². The number of alkyl halides is 3. The maximum atomic E-state index is 14.0. The second-order valence-electron chi connectivity index (χ2n) is 13.6. The number of anilines is 2. The second kappa shape index (κ2) is 18.9. The van der Waals surface area contributed by atoms with Gasteiger partial charge in [-0.15, -0.1) is 0 Å². The lowest BCUT2D eigenvalue weighted by Gasteiger charge is -2.40. The van der Waals surface area contributed by atoms with Gasteiger partial charge in [0.1, 0.15) is 6.04 Å². The van der Waals surface area contributed by atoms with Crippen molar-refractivity contribution in [1.29, 1.82) is 0 Å². The van der Waals surface area contributed by atoms with Gasteiger partial charge in [-0.1, -0.05) is 41.0 Å². The third kappa shape index (κ3) is 11.5. The Bertz CT molecular complexity index is 1560. The van der Waals surface area contributed by atoms with Crippen LogP contribution in [0.2, 0.25) is 0 Å². The molecule has 300 valence electrons. The standard InChI is InChI=1S/C34H52F3N5O10S/c1-10-20(4)28(40(6)31(45)27(19(2)3)39-33(47)48)25(51-7)18-26(43)41-17-11-12-24(41)29(52-8)21(5)30(44)42(53(9,49)50)23-15-13-22(14-16-23)38-32(46)34(35,36)37/h13-16,19-21,24-25,27-29,39H,10-12,17-18H2,1-9H3,(H,38,46)(H,47,48)/t20-,21-,24+,25-,27+,28+,29-/m1/s1. The van der Waals surface area contributed by atoms with E-state index in [1.807, 2.05) is 13.8 Å². The van der Waals surface area contributed by atoms with Crippen LogP contribution in [-0.4, -0.2) is 124 Å². The maximum absolute atomic E-state index is 14.0. The fraction of sp³-hybridized carbons (Fsp3) is 0.676. The normalized spacial score (nSPS) is 18.4. The first kappa shape index (κ1) is 45.2. The minimum atomic E-state index is -5.15. The van der Waals surface area contributed by atoms with Crippen molar-refractivity contribution in [2.45, 2.75) is 96.8 Å². The van der Waals surface area contributed by atoms with Crippen molar-refractivity contribution < 1.29 is 60.1 Å². The summed E-state index contributed by atoms with van der Waals surface area (Å²) in [5.74, 6) is -5.69. The number of halogens is 3. The molecule has 19 heteroatoms. The highest BCUT2D eigenvalue weighted by Gasteiger charge is 2.45. The molecule has 0 bridgehead atoms. The highest BCUT2D eigenvalue weighted by Crippen LogP contribution is 2.32. The summed E-state index contributed by atoms with van der Waals surface area (Å²) in [6.07, 6.45) is -6.14. The zero-order chi connectivity index (χ0) is 40.6. The fourth-order valence-electron chi connectivity index (χ4n) is 6.71. The minimum absolute atomic E-state index is 0.171. The number of carboxylic acid groups (broad SMARTS) is 1. The highest BCUT2D eigenvalue weighted by molar-refractivity contribution is 7.92. The topological polar surface area (TPSA) is 192 Å². The quantitative estimate of drug-likeness (QED) is 0.210.